The summed E-state index contributed by atoms with van der Waals surface area (Å²) in [6.45, 7) is 0. The summed E-state index contributed by atoms with van der Waals surface area (Å²) in [5.41, 5.74) is 0.842. The number of nitrogens with zero attached hydrogens (tertiary/aromatic N) is 1. The second-order valence-corrected chi connectivity index (χ2v) is 7.00. The summed E-state index contributed by atoms with van der Waals surface area (Å²) in [6.07, 6.45) is 20.3. The molecule has 0 saturated heterocycles. The fraction of sp³-hybridized carbons (Fsp3) is 0.381. The number of aromatic nitrogens is 1. The van der Waals surface area contributed by atoms with E-state index in [1.165, 1.54) is 7.11 Å². The largest absolute Gasteiger partial charge is 0.469 e. The van der Waals surface area contributed by atoms with Crippen molar-refractivity contribution in [2.24, 2.45) is 5.92 Å². The van der Waals surface area contributed by atoms with Crippen molar-refractivity contribution in [1.82, 2.24) is 4.98 Å². The number of ketones is 1. The third-order valence-electron chi connectivity index (χ3n) is 4.12. The van der Waals surface area contributed by atoms with Crippen molar-refractivity contribution in [3.05, 3.63) is 64.7 Å². The topological polar surface area (TPSA) is 56.3 Å². The predicted molar refractivity (Wildman–Crippen MR) is 105 cm³/mol. The number of thiazole rings is 1. The molecule has 5 heteroatoms. The van der Waals surface area contributed by atoms with Crippen LogP contribution in [0.3, 0.4) is 0 Å². The molecule has 0 aliphatic heterocycles. The highest BCUT2D eigenvalue weighted by Crippen LogP contribution is 2.25. The molecule has 26 heavy (non-hydrogen) atoms. The van der Waals surface area contributed by atoms with Gasteiger partial charge in [0.05, 0.1) is 12.1 Å². The fourth-order valence-electron chi connectivity index (χ4n) is 2.68. The van der Waals surface area contributed by atoms with E-state index in [2.05, 4.69) is 27.9 Å². The first-order valence-corrected chi connectivity index (χ1v) is 9.78. The molecular weight excluding hydrogens is 346 g/mol. The number of unbranched alkanes of at least 4 members (excludes halogenated alkanes) is 1. The van der Waals surface area contributed by atoms with Crippen LogP contribution >= 0.6 is 11.3 Å². The summed E-state index contributed by atoms with van der Waals surface area (Å²) in [4.78, 5) is 27.3. The smallest absolute Gasteiger partial charge is 0.305 e. The molecule has 1 aromatic rings. The molecule has 0 spiro atoms. The number of carbonyl (C=O) groups excluding carboxylic acids is 2. The van der Waals surface area contributed by atoms with Crippen LogP contribution in [0.1, 0.15) is 37.1 Å². The number of methoxy groups -OCH3 is 1. The molecule has 0 N–H and O–H groups in total. The summed E-state index contributed by atoms with van der Waals surface area (Å²) in [5, 5.41) is 3.12. The molecule has 2 rings (SSSR count). The minimum Gasteiger partial charge on any atom is -0.469 e. The molecule has 0 saturated carbocycles. The number of carbonyl (C=O) groups is 2. The second-order valence-electron chi connectivity index (χ2n) is 6.02. The summed E-state index contributed by atoms with van der Waals surface area (Å²) in [7, 11) is 1.41. The maximum atomic E-state index is 12.0. The van der Waals surface area contributed by atoms with Crippen LogP contribution < -0.4 is 0 Å². The van der Waals surface area contributed by atoms with E-state index in [1.54, 1.807) is 17.4 Å². The first-order valence-electron chi connectivity index (χ1n) is 8.90. The normalized spacial score (nSPS) is 18.6. The number of hydrogen-bond donors (Lipinski definition) is 0. The molecule has 0 aromatic carbocycles. The van der Waals surface area contributed by atoms with E-state index >= 15 is 0 Å². The average Bonchev–Trinajstić information content (AvgIpc) is 3.28. The maximum Gasteiger partial charge on any atom is 0.305 e. The van der Waals surface area contributed by atoms with Crippen molar-refractivity contribution in [1.29, 1.82) is 0 Å². The molecule has 0 radical (unpaired) electrons. The Kier molecular flexibility index (Phi) is 8.76. The van der Waals surface area contributed by atoms with E-state index in [-0.39, 0.29) is 17.7 Å². The van der Waals surface area contributed by atoms with Crippen LogP contribution in [0.15, 0.2) is 59.7 Å². The molecule has 4 nitrogen and oxygen atoms in total. The van der Waals surface area contributed by atoms with Gasteiger partial charge in [-0.2, -0.15) is 0 Å². The minimum absolute atomic E-state index is 0.0960. The number of allylic oxidation sites excluding steroid dienone is 8. The lowest BCUT2D eigenvalue weighted by Gasteiger charge is -2.06. The van der Waals surface area contributed by atoms with Crippen LogP contribution in [0.5, 0.6) is 0 Å². The molecule has 0 unspecified atom stereocenters. The lowest BCUT2D eigenvalue weighted by atomic mass is 9.97. The van der Waals surface area contributed by atoms with Crippen molar-refractivity contribution in [2.75, 3.05) is 7.11 Å². The molecule has 138 valence electrons. The Bertz CT molecular complexity index is 699. The highest BCUT2D eigenvalue weighted by atomic mass is 32.1. The number of aryl methyl sites for hydroxylation is 1. The number of hydrogen-bond acceptors (Lipinski definition) is 5. The van der Waals surface area contributed by atoms with Gasteiger partial charge in [0.25, 0.3) is 0 Å². The standard InChI is InChI=1S/C21H25NO3S/c1-25-21(24)12-8-3-2-5-9-17-13-14-19(23)18(17)10-6-4-7-11-20-22-15-16-26-20/h2,4-6,10,13-17H,3,7-9,11-12H2,1H3/b5-2-,6-4+,18-10+/t17-/m0/s1. The molecular formula is C21H25NO3S. The Morgan fingerprint density at radius 3 is 2.96 bits per heavy atom. The van der Waals surface area contributed by atoms with Crippen LogP contribution in [-0.4, -0.2) is 23.8 Å². The summed E-state index contributed by atoms with van der Waals surface area (Å²) in [6, 6.07) is 0. The predicted octanol–water partition coefficient (Wildman–Crippen LogP) is 4.60. The Morgan fingerprint density at radius 1 is 1.31 bits per heavy atom. The molecule has 1 aromatic heterocycles. The van der Waals surface area contributed by atoms with Crippen molar-refractivity contribution >= 4 is 23.1 Å². The van der Waals surface area contributed by atoms with Gasteiger partial charge in [0.2, 0.25) is 0 Å². The van der Waals surface area contributed by atoms with Gasteiger partial charge in [-0.15, -0.1) is 11.3 Å². The van der Waals surface area contributed by atoms with Gasteiger partial charge in [-0.3, -0.25) is 9.59 Å². The Balaban J connectivity index is 1.74. The van der Waals surface area contributed by atoms with E-state index in [0.717, 1.165) is 42.7 Å². The van der Waals surface area contributed by atoms with Crippen LogP contribution in [-0.2, 0) is 20.7 Å². The second kappa shape index (κ2) is 11.4. The highest BCUT2D eigenvalue weighted by molar-refractivity contribution is 7.09. The van der Waals surface area contributed by atoms with Crippen LogP contribution in [0.2, 0.25) is 0 Å². The SMILES string of the molecule is COC(=O)CCC/C=C\C[C@H]1C=CC(=O)/C1=C/C=C/CCc1nccs1. The van der Waals surface area contributed by atoms with E-state index < -0.39 is 0 Å². The monoisotopic (exact) mass is 371 g/mol. The maximum absolute atomic E-state index is 12.0. The van der Waals surface area contributed by atoms with E-state index in [9.17, 15) is 9.59 Å². The van der Waals surface area contributed by atoms with Crippen LogP contribution in [0, 0.1) is 5.92 Å². The van der Waals surface area contributed by atoms with Crippen molar-refractivity contribution < 1.29 is 14.3 Å². The summed E-state index contributed by atoms with van der Waals surface area (Å²) in [5.74, 6) is 0.0659. The number of esters is 1. The third kappa shape index (κ3) is 6.92. The molecule has 0 amide bonds. The quantitative estimate of drug-likeness (QED) is 0.261. The molecule has 1 aliphatic carbocycles. The van der Waals surface area contributed by atoms with E-state index in [1.807, 2.05) is 29.8 Å². The third-order valence-corrected chi connectivity index (χ3v) is 4.96. The lowest BCUT2D eigenvalue weighted by Crippen LogP contribution is -2.01. The van der Waals surface area contributed by atoms with Gasteiger partial charge < -0.3 is 4.74 Å². The van der Waals surface area contributed by atoms with Gasteiger partial charge in [-0.25, -0.2) is 4.98 Å². The minimum atomic E-state index is -0.172. The van der Waals surface area contributed by atoms with Gasteiger partial charge in [0, 0.05) is 35.9 Å². The van der Waals surface area contributed by atoms with Crippen molar-refractivity contribution in [3.63, 3.8) is 0 Å². The van der Waals surface area contributed by atoms with Gasteiger partial charge >= 0.3 is 5.97 Å². The van der Waals surface area contributed by atoms with Crippen LogP contribution in [0.25, 0.3) is 0 Å². The van der Waals surface area contributed by atoms with E-state index in [4.69, 9.17) is 0 Å². The first kappa shape index (κ1) is 20.0. The lowest BCUT2D eigenvalue weighted by molar-refractivity contribution is -0.140. The number of rotatable bonds is 10. The van der Waals surface area contributed by atoms with Gasteiger partial charge in [-0.1, -0.05) is 36.5 Å². The average molecular weight is 372 g/mol. The molecule has 0 bridgehead atoms. The zero-order valence-electron chi connectivity index (χ0n) is 15.1. The highest BCUT2D eigenvalue weighted by Gasteiger charge is 2.20. The molecule has 1 aliphatic rings. The Hall–Kier alpha value is -2.27. The first-order chi connectivity index (χ1) is 12.7. The van der Waals surface area contributed by atoms with E-state index in [0.29, 0.717) is 6.42 Å². The van der Waals surface area contributed by atoms with Gasteiger partial charge in [0.1, 0.15) is 0 Å². The van der Waals surface area contributed by atoms with Crippen molar-refractivity contribution in [2.45, 2.75) is 38.5 Å². The number of ether oxygens (including phenoxy) is 1. The van der Waals surface area contributed by atoms with Gasteiger partial charge in [0.15, 0.2) is 5.78 Å². The molecule has 1 heterocycles. The van der Waals surface area contributed by atoms with Crippen LogP contribution in [0.4, 0.5) is 0 Å². The Morgan fingerprint density at radius 2 is 2.19 bits per heavy atom. The fourth-order valence-corrected chi connectivity index (χ4v) is 3.31. The Labute approximate surface area is 159 Å². The van der Waals surface area contributed by atoms with Crippen molar-refractivity contribution in [3.8, 4) is 0 Å². The molecule has 1 atom stereocenters. The zero-order valence-corrected chi connectivity index (χ0v) is 15.9. The zero-order chi connectivity index (χ0) is 18.6. The summed E-state index contributed by atoms with van der Waals surface area (Å²) < 4.78 is 4.61. The molecule has 0 fully saturated rings. The summed E-state index contributed by atoms with van der Waals surface area (Å²) >= 11 is 1.67. The van der Waals surface area contributed by atoms with Gasteiger partial charge in [-0.05, 0) is 31.8 Å².